The summed E-state index contributed by atoms with van der Waals surface area (Å²) in [6.07, 6.45) is 1.82. The molecule has 0 radical (unpaired) electrons. The van der Waals surface area contributed by atoms with Gasteiger partial charge in [0.05, 0.1) is 25.7 Å². The number of rotatable bonds is 5. The first-order chi connectivity index (χ1) is 13.0. The SMILES string of the molecule is COc1ccc(/C=C2\SC(=NCc3cc(C)cc(C)c3)NC2=O)cc1OC. The molecule has 0 aliphatic carbocycles. The molecule has 0 bridgehead atoms. The number of carbonyl (C=O) groups excluding carboxylic acids is 1. The van der Waals surface area contributed by atoms with E-state index in [0.29, 0.717) is 28.1 Å². The molecule has 5 nitrogen and oxygen atoms in total. The van der Waals surface area contributed by atoms with Crippen molar-refractivity contribution < 1.29 is 14.3 Å². The van der Waals surface area contributed by atoms with Crippen LogP contribution in [0.3, 0.4) is 0 Å². The van der Waals surface area contributed by atoms with Gasteiger partial charge >= 0.3 is 0 Å². The lowest BCUT2D eigenvalue weighted by atomic mass is 10.1. The number of aryl methyl sites for hydroxylation is 2. The van der Waals surface area contributed by atoms with Crippen molar-refractivity contribution >= 4 is 28.9 Å². The maximum absolute atomic E-state index is 12.2. The first kappa shape index (κ1) is 19.0. The Bertz CT molecular complexity index is 915. The van der Waals surface area contributed by atoms with Gasteiger partial charge in [-0.05, 0) is 54.9 Å². The predicted octanol–water partition coefficient (Wildman–Crippen LogP) is 4.08. The summed E-state index contributed by atoms with van der Waals surface area (Å²) in [5.41, 5.74) is 4.41. The molecule has 1 heterocycles. The minimum absolute atomic E-state index is 0.144. The number of nitrogens with zero attached hydrogens (tertiary/aromatic N) is 1. The minimum atomic E-state index is -0.144. The fourth-order valence-electron chi connectivity index (χ4n) is 2.92. The molecule has 0 spiro atoms. The number of benzene rings is 2. The lowest BCUT2D eigenvalue weighted by molar-refractivity contribution is -0.115. The third-order valence-electron chi connectivity index (χ3n) is 4.04. The van der Waals surface area contributed by atoms with Crippen LogP contribution < -0.4 is 14.8 Å². The molecule has 6 heteroatoms. The van der Waals surface area contributed by atoms with Crippen LogP contribution in [0, 0.1) is 13.8 Å². The van der Waals surface area contributed by atoms with Crippen LogP contribution in [0.1, 0.15) is 22.3 Å². The fourth-order valence-corrected chi connectivity index (χ4v) is 3.74. The molecule has 1 aliphatic rings. The van der Waals surface area contributed by atoms with Crippen LogP contribution >= 0.6 is 11.8 Å². The van der Waals surface area contributed by atoms with E-state index in [1.807, 2.05) is 24.3 Å². The van der Waals surface area contributed by atoms with Crippen LogP contribution in [-0.4, -0.2) is 25.3 Å². The van der Waals surface area contributed by atoms with E-state index in [1.165, 1.54) is 22.9 Å². The molecule has 0 aromatic heterocycles. The number of nitrogens with one attached hydrogen (secondary N) is 1. The normalized spacial score (nSPS) is 16.7. The Kier molecular flexibility index (Phi) is 5.86. The summed E-state index contributed by atoms with van der Waals surface area (Å²) in [5.74, 6) is 1.13. The summed E-state index contributed by atoms with van der Waals surface area (Å²) in [6.45, 7) is 4.67. The molecule has 1 amide bonds. The van der Waals surface area contributed by atoms with Crippen molar-refractivity contribution in [3.63, 3.8) is 0 Å². The zero-order valence-electron chi connectivity index (χ0n) is 15.8. The highest BCUT2D eigenvalue weighted by Crippen LogP contribution is 2.31. The van der Waals surface area contributed by atoms with Gasteiger partial charge in [-0.2, -0.15) is 0 Å². The van der Waals surface area contributed by atoms with E-state index in [9.17, 15) is 4.79 Å². The highest BCUT2D eigenvalue weighted by molar-refractivity contribution is 8.18. The largest absolute Gasteiger partial charge is 0.493 e. The summed E-state index contributed by atoms with van der Waals surface area (Å²) in [6, 6.07) is 11.9. The lowest BCUT2D eigenvalue weighted by Gasteiger charge is -2.07. The number of hydrogen-bond donors (Lipinski definition) is 1. The second-order valence-electron chi connectivity index (χ2n) is 6.30. The highest BCUT2D eigenvalue weighted by atomic mass is 32.2. The Morgan fingerprint density at radius 2 is 1.74 bits per heavy atom. The van der Waals surface area contributed by atoms with Gasteiger partial charge in [-0.3, -0.25) is 9.79 Å². The summed E-state index contributed by atoms with van der Waals surface area (Å²) in [5, 5.41) is 3.44. The van der Waals surface area contributed by atoms with Crippen molar-refractivity contribution in [2.45, 2.75) is 20.4 Å². The van der Waals surface area contributed by atoms with Crippen molar-refractivity contribution in [2.24, 2.45) is 4.99 Å². The van der Waals surface area contributed by atoms with E-state index in [-0.39, 0.29) is 5.91 Å². The molecule has 2 aromatic rings. The fraction of sp³-hybridized carbons (Fsp3) is 0.238. The van der Waals surface area contributed by atoms with Crippen molar-refractivity contribution in [2.75, 3.05) is 14.2 Å². The van der Waals surface area contributed by atoms with E-state index >= 15 is 0 Å². The average Bonchev–Trinajstić information content (AvgIpc) is 2.98. The summed E-state index contributed by atoms with van der Waals surface area (Å²) in [4.78, 5) is 17.4. The molecule has 140 valence electrons. The molecule has 1 saturated heterocycles. The van der Waals surface area contributed by atoms with Gasteiger partial charge in [-0.15, -0.1) is 0 Å². The molecule has 0 unspecified atom stereocenters. The molecule has 1 aliphatic heterocycles. The van der Waals surface area contributed by atoms with Gasteiger partial charge in [0.25, 0.3) is 5.91 Å². The monoisotopic (exact) mass is 382 g/mol. The lowest BCUT2D eigenvalue weighted by Crippen LogP contribution is -2.19. The number of methoxy groups -OCH3 is 2. The number of amidine groups is 1. The molecular formula is C21H22N2O3S. The molecule has 27 heavy (non-hydrogen) atoms. The zero-order chi connectivity index (χ0) is 19.4. The Morgan fingerprint density at radius 1 is 1.04 bits per heavy atom. The quantitative estimate of drug-likeness (QED) is 0.792. The maximum atomic E-state index is 12.2. The topological polar surface area (TPSA) is 59.9 Å². The van der Waals surface area contributed by atoms with Gasteiger partial charge in [0.2, 0.25) is 0 Å². The standard InChI is InChI=1S/C21H22N2O3S/c1-13-7-14(2)9-16(8-13)12-22-21-23-20(24)19(27-21)11-15-5-6-17(25-3)18(10-15)26-4/h5-11H,12H2,1-4H3,(H,22,23,24)/b19-11-. The third kappa shape index (κ3) is 4.71. The summed E-state index contributed by atoms with van der Waals surface area (Å²) >= 11 is 1.34. The van der Waals surface area contributed by atoms with E-state index in [0.717, 1.165) is 11.1 Å². The zero-order valence-corrected chi connectivity index (χ0v) is 16.6. The van der Waals surface area contributed by atoms with Crippen molar-refractivity contribution in [1.29, 1.82) is 0 Å². The Hall–Kier alpha value is -2.73. The van der Waals surface area contributed by atoms with Crippen LogP contribution in [0.25, 0.3) is 6.08 Å². The second-order valence-corrected chi connectivity index (χ2v) is 7.33. The Morgan fingerprint density at radius 3 is 2.41 bits per heavy atom. The second kappa shape index (κ2) is 8.31. The van der Waals surface area contributed by atoms with E-state index in [4.69, 9.17) is 9.47 Å². The smallest absolute Gasteiger partial charge is 0.264 e. The van der Waals surface area contributed by atoms with Crippen LogP contribution in [0.2, 0.25) is 0 Å². The van der Waals surface area contributed by atoms with Crippen molar-refractivity contribution in [1.82, 2.24) is 5.32 Å². The van der Waals surface area contributed by atoms with Gasteiger partial charge in [-0.25, -0.2) is 0 Å². The number of amides is 1. The highest BCUT2D eigenvalue weighted by Gasteiger charge is 2.23. The third-order valence-corrected chi connectivity index (χ3v) is 4.99. The first-order valence-corrected chi connectivity index (χ1v) is 9.34. The van der Waals surface area contributed by atoms with Crippen LogP contribution in [0.4, 0.5) is 0 Å². The number of ether oxygens (including phenoxy) is 2. The summed E-state index contributed by atoms with van der Waals surface area (Å²) < 4.78 is 10.6. The Balaban J connectivity index is 1.75. The number of carbonyl (C=O) groups is 1. The minimum Gasteiger partial charge on any atom is -0.493 e. The van der Waals surface area contributed by atoms with E-state index in [2.05, 4.69) is 42.4 Å². The average molecular weight is 382 g/mol. The Labute approximate surface area is 163 Å². The van der Waals surface area contributed by atoms with E-state index < -0.39 is 0 Å². The summed E-state index contributed by atoms with van der Waals surface area (Å²) in [7, 11) is 3.18. The molecule has 0 atom stereocenters. The molecule has 1 fully saturated rings. The molecular weight excluding hydrogens is 360 g/mol. The van der Waals surface area contributed by atoms with Gasteiger partial charge in [0, 0.05) is 0 Å². The van der Waals surface area contributed by atoms with Gasteiger partial charge < -0.3 is 14.8 Å². The van der Waals surface area contributed by atoms with Crippen LogP contribution in [-0.2, 0) is 11.3 Å². The van der Waals surface area contributed by atoms with Crippen LogP contribution in [0.5, 0.6) is 11.5 Å². The van der Waals surface area contributed by atoms with Crippen LogP contribution in [0.15, 0.2) is 46.3 Å². The van der Waals surface area contributed by atoms with Gasteiger partial charge in [0.15, 0.2) is 16.7 Å². The molecule has 1 N–H and O–H groups in total. The van der Waals surface area contributed by atoms with E-state index in [1.54, 1.807) is 14.2 Å². The predicted molar refractivity (Wildman–Crippen MR) is 110 cm³/mol. The van der Waals surface area contributed by atoms with Crippen molar-refractivity contribution in [3.8, 4) is 11.5 Å². The maximum Gasteiger partial charge on any atom is 0.264 e. The van der Waals surface area contributed by atoms with Gasteiger partial charge in [-0.1, -0.05) is 35.4 Å². The molecule has 2 aromatic carbocycles. The van der Waals surface area contributed by atoms with Crippen molar-refractivity contribution in [3.05, 3.63) is 63.6 Å². The number of thioether (sulfide) groups is 1. The number of aliphatic imine (C=N–C) groups is 1. The van der Waals surface area contributed by atoms with Gasteiger partial charge in [0.1, 0.15) is 0 Å². The molecule has 3 rings (SSSR count). The number of hydrogen-bond acceptors (Lipinski definition) is 5. The first-order valence-electron chi connectivity index (χ1n) is 8.53. The molecule has 0 saturated carbocycles.